The summed E-state index contributed by atoms with van der Waals surface area (Å²) in [5.41, 5.74) is 1.10. The molecule has 1 amide bonds. The van der Waals surface area contributed by atoms with Gasteiger partial charge in [-0.15, -0.1) is 0 Å². The Morgan fingerprint density at radius 3 is 2.81 bits per heavy atom. The molecule has 142 valence electrons. The molecule has 3 aromatic rings. The van der Waals surface area contributed by atoms with Gasteiger partial charge in [-0.3, -0.25) is 14.3 Å². The van der Waals surface area contributed by atoms with E-state index in [4.69, 9.17) is 4.74 Å². The molecule has 0 aliphatic rings. The van der Waals surface area contributed by atoms with Crippen LogP contribution in [0, 0.1) is 12.7 Å². The number of halogens is 1. The first kappa shape index (κ1) is 18.6. The highest BCUT2D eigenvalue weighted by atomic mass is 19.1. The number of nitrogens with one attached hydrogen (secondary N) is 1. The average Bonchev–Trinajstić information content (AvgIpc) is 2.91. The number of aryl methyl sites for hydroxylation is 2. The first-order valence-corrected chi connectivity index (χ1v) is 8.34. The van der Waals surface area contributed by atoms with Crippen molar-refractivity contribution in [3.05, 3.63) is 51.8 Å². The van der Waals surface area contributed by atoms with Gasteiger partial charge in [0.2, 0.25) is 5.91 Å². The van der Waals surface area contributed by atoms with Crippen molar-refractivity contribution in [2.75, 3.05) is 7.11 Å². The molecule has 1 N–H and O–H groups in total. The number of benzene rings is 1. The van der Waals surface area contributed by atoms with Gasteiger partial charge in [0.1, 0.15) is 18.1 Å². The van der Waals surface area contributed by atoms with Crippen molar-refractivity contribution < 1.29 is 13.9 Å². The van der Waals surface area contributed by atoms with Crippen molar-refractivity contribution in [1.29, 1.82) is 0 Å². The van der Waals surface area contributed by atoms with E-state index in [0.717, 1.165) is 4.68 Å². The minimum atomic E-state index is -0.581. The number of methoxy groups -OCH3 is 1. The van der Waals surface area contributed by atoms with Gasteiger partial charge in [-0.25, -0.2) is 9.07 Å². The third kappa shape index (κ3) is 3.53. The van der Waals surface area contributed by atoms with E-state index in [1.165, 1.54) is 19.4 Å². The van der Waals surface area contributed by atoms with Gasteiger partial charge in [-0.1, -0.05) is 6.07 Å². The van der Waals surface area contributed by atoms with Crippen LogP contribution in [0.2, 0.25) is 0 Å². The smallest absolute Gasteiger partial charge is 0.278 e. The number of rotatable bonds is 5. The molecular weight excluding hydrogens is 353 g/mol. The molecule has 0 saturated heterocycles. The van der Waals surface area contributed by atoms with E-state index in [0.29, 0.717) is 27.9 Å². The van der Waals surface area contributed by atoms with Crippen LogP contribution < -0.4 is 15.6 Å². The molecule has 3 rings (SSSR count). The van der Waals surface area contributed by atoms with E-state index in [9.17, 15) is 14.0 Å². The highest BCUT2D eigenvalue weighted by Gasteiger charge is 2.17. The highest BCUT2D eigenvalue weighted by Crippen LogP contribution is 2.21. The lowest BCUT2D eigenvalue weighted by Crippen LogP contribution is -2.35. The third-order valence-corrected chi connectivity index (χ3v) is 4.38. The Balaban J connectivity index is 1.78. The van der Waals surface area contributed by atoms with Crippen LogP contribution in [0.3, 0.4) is 0 Å². The van der Waals surface area contributed by atoms with E-state index >= 15 is 0 Å². The average molecular weight is 373 g/mol. The molecule has 8 nitrogen and oxygen atoms in total. The zero-order valence-corrected chi connectivity index (χ0v) is 15.5. The Bertz CT molecular complexity index is 1070. The molecule has 0 aliphatic carbocycles. The minimum absolute atomic E-state index is 0.273. The minimum Gasteiger partial charge on any atom is -0.497 e. The van der Waals surface area contributed by atoms with Gasteiger partial charge in [0.15, 0.2) is 0 Å². The van der Waals surface area contributed by atoms with Gasteiger partial charge >= 0.3 is 0 Å². The second kappa shape index (κ2) is 7.18. The van der Waals surface area contributed by atoms with Crippen LogP contribution in [-0.4, -0.2) is 32.6 Å². The predicted molar refractivity (Wildman–Crippen MR) is 97.0 cm³/mol. The van der Waals surface area contributed by atoms with Gasteiger partial charge in [0, 0.05) is 18.7 Å². The summed E-state index contributed by atoms with van der Waals surface area (Å²) in [7, 11) is 3.17. The summed E-state index contributed by atoms with van der Waals surface area (Å²) in [5, 5.41) is 11.3. The standard InChI is InChI=1S/C18H20FN5O3/c1-10(13-6-5-12(27-4)7-14(13)19)21-16(25)9-24-18(26)17-11(2)22-23(3)15(17)8-20-24/h5-8,10H,9H2,1-4H3,(H,21,25)/t10-/m0/s1. The first-order chi connectivity index (χ1) is 12.8. The Hall–Kier alpha value is -3.23. The monoisotopic (exact) mass is 373 g/mol. The lowest BCUT2D eigenvalue weighted by Gasteiger charge is -2.16. The van der Waals surface area contributed by atoms with E-state index in [1.807, 2.05) is 0 Å². The number of hydrogen-bond acceptors (Lipinski definition) is 5. The Morgan fingerprint density at radius 1 is 1.41 bits per heavy atom. The van der Waals surface area contributed by atoms with E-state index in [1.54, 1.807) is 37.7 Å². The van der Waals surface area contributed by atoms with Crippen LogP contribution in [0.5, 0.6) is 5.75 Å². The molecule has 2 heterocycles. The number of carbonyl (C=O) groups excluding carboxylic acids is 1. The fourth-order valence-corrected chi connectivity index (χ4v) is 2.99. The first-order valence-electron chi connectivity index (χ1n) is 8.34. The summed E-state index contributed by atoms with van der Waals surface area (Å²) < 4.78 is 21.8. The number of carbonyl (C=O) groups is 1. The van der Waals surface area contributed by atoms with Gasteiger partial charge in [0.05, 0.1) is 35.9 Å². The molecule has 0 spiro atoms. The molecule has 0 bridgehead atoms. The van der Waals surface area contributed by atoms with Crippen LogP contribution in [0.15, 0.2) is 29.2 Å². The number of ether oxygens (including phenoxy) is 1. The largest absolute Gasteiger partial charge is 0.497 e. The lowest BCUT2D eigenvalue weighted by atomic mass is 10.1. The van der Waals surface area contributed by atoms with Gasteiger partial charge < -0.3 is 10.1 Å². The molecule has 2 aromatic heterocycles. The van der Waals surface area contributed by atoms with Crippen molar-refractivity contribution in [3.8, 4) is 5.75 Å². The van der Waals surface area contributed by atoms with Crippen molar-refractivity contribution in [3.63, 3.8) is 0 Å². The summed E-state index contributed by atoms with van der Waals surface area (Å²) in [5.74, 6) is -0.538. The van der Waals surface area contributed by atoms with Gasteiger partial charge in [-0.05, 0) is 19.9 Å². The summed E-state index contributed by atoms with van der Waals surface area (Å²) in [6.07, 6.45) is 1.50. The number of fused-ring (bicyclic) bond motifs is 1. The third-order valence-electron chi connectivity index (χ3n) is 4.38. The van der Waals surface area contributed by atoms with Crippen LogP contribution in [-0.2, 0) is 18.4 Å². The molecule has 9 heteroatoms. The lowest BCUT2D eigenvalue weighted by molar-refractivity contribution is -0.122. The van der Waals surface area contributed by atoms with Crippen LogP contribution in [0.4, 0.5) is 4.39 Å². The molecule has 1 atom stereocenters. The zero-order chi connectivity index (χ0) is 19.7. The van der Waals surface area contributed by atoms with Crippen molar-refractivity contribution in [2.24, 2.45) is 7.05 Å². The van der Waals surface area contributed by atoms with E-state index in [2.05, 4.69) is 15.5 Å². The molecule has 0 aliphatic heterocycles. The van der Waals surface area contributed by atoms with Crippen LogP contribution in [0.25, 0.3) is 10.9 Å². The fourth-order valence-electron chi connectivity index (χ4n) is 2.99. The Kier molecular flexibility index (Phi) is 4.93. The van der Waals surface area contributed by atoms with Crippen LogP contribution >= 0.6 is 0 Å². The summed E-state index contributed by atoms with van der Waals surface area (Å²) in [4.78, 5) is 24.9. The number of amides is 1. The predicted octanol–water partition coefficient (Wildman–Crippen LogP) is 1.46. The summed E-state index contributed by atoms with van der Waals surface area (Å²) >= 11 is 0. The van der Waals surface area contributed by atoms with Crippen molar-refractivity contribution in [2.45, 2.75) is 26.4 Å². The quantitative estimate of drug-likeness (QED) is 0.731. The summed E-state index contributed by atoms with van der Waals surface area (Å²) in [6.45, 7) is 3.11. The molecule has 0 unspecified atom stereocenters. The summed E-state index contributed by atoms with van der Waals surface area (Å²) in [6, 6.07) is 3.84. The van der Waals surface area contributed by atoms with Crippen molar-refractivity contribution in [1.82, 2.24) is 24.9 Å². The fraction of sp³-hybridized carbons (Fsp3) is 0.333. The zero-order valence-electron chi connectivity index (χ0n) is 15.5. The molecule has 0 fully saturated rings. The maximum absolute atomic E-state index is 14.1. The second-order valence-corrected chi connectivity index (χ2v) is 6.25. The SMILES string of the molecule is COc1ccc([C@H](C)NC(=O)Cn2ncc3c(c(C)nn3C)c2=O)c(F)c1. The number of nitrogens with zero attached hydrogens (tertiary/aromatic N) is 4. The van der Waals surface area contributed by atoms with Crippen molar-refractivity contribution >= 4 is 16.8 Å². The highest BCUT2D eigenvalue weighted by molar-refractivity contribution is 5.80. The van der Waals surface area contributed by atoms with E-state index < -0.39 is 23.3 Å². The second-order valence-electron chi connectivity index (χ2n) is 6.25. The maximum atomic E-state index is 14.1. The van der Waals surface area contributed by atoms with Gasteiger partial charge in [-0.2, -0.15) is 10.2 Å². The van der Waals surface area contributed by atoms with E-state index in [-0.39, 0.29) is 6.54 Å². The van der Waals surface area contributed by atoms with Crippen LogP contribution in [0.1, 0.15) is 24.2 Å². The number of hydrogen-bond donors (Lipinski definition) is 1. The number of aromatic nitrogens is 4. The topological polar surface area (TPSA) is 91.0 Å². The molecule has 27 heavy (non-hydrogen) atoms. The Labute approximate surface area is 154 Å². The molecular formula is C18H20FN5O3. The Morgan fingerprint density at radius 2 is 2.15 bits per heavy atom. The maximum Gasteiger partial charge on any atom is 0.278 e. The van der Waals surface area contributed by atoms with Gasteiger partial charge in [0.25, 0.3) is 5.56 Å². The normalized spacial score (nSPS) is 12.2. The molecule has 0 saturated carbocycles. The molecule has 0 radical (unpaired) electrons. The molecule has 1 aromatic carbocycles.